The third-order valence-electron chi connectivity index (χ3n) is 2.83. The zero-order valence-corrected chi connectivity index (χ0v) is 11.5. The highest BCUT2D eigenvalue weighted by molar-refractivity contribution is 5.94. The first kappa shape index (κ1) is 14.2. The van der Waals surface area contributed by atoms with Crippen LogP contribution in [-0.4, -0.2) is 22.1 Å². The van der Waals surface area contributed by atoms with Crippen molar-refractivity contribution >= 4 is 11.6 Å². The average molecular weight is 274 g/mol. The van der Waals surface area contributed by atoms with Crippen LogP contribution in [-0.2, 0) is 4.79 Å². The molecule has 6 heteroatoms. The van der Waals surface area contributed by atoms with E-state index in [2.05, 4.69) is 20.0 Å². The maximum atomic E-state index is 11.9. The number of anilines is 1. The summed E-state index contributed by atoms with van der Waals surface area (Å²) in [6, 6.07) is 6.70. The van der Waals surface area contributed by atoms with Crippen LogP contribution in [0.3, 0.4) is 0 Å². The van der Waals surface area contributed by atoms with Crippen LogP contribution in [0.4, 0.5) is 5.69 Å². The molecule has 6 nitrogen and oxygen atoms in total. The van der Waals surface area contributed by atoms with E-state index >= 15 is 0 Å². The highest BCUT2D eigenvalue weighted by Crippen LogP contribution is 2.18. The van der Waals surface area contributed by atoms with E-state index in [1.54, 1.807) is 12.1 Å². The lowest BCUT2D eigenvalue weighted by Crippen LogP contribution is -2.36. The highest BCUT2D eigenvalue weighted by atomic mass is 16.5. The number of carbonyl (C=O) groups excluding carboxylic acids is 1. The molecule has 1 amide bonds. The maximum Gasteiger partial charge on any atom is 0.241 e. The minimum atomic E-state index is -0.494. The van der Waals surface area contributed by atoms with Crippen LogP contribution in [0.25, 0.3) is 11.4 Å². The fourth-order valence-corrected chi connectivity index (χ4v) is 1.85. The van der Waals surface area contributed by atoms with Crippen LogP contribution in [0.5, 0.6) is 0 Å². The molecule has 0 aliphatic rings. The van der Waals surface area contributed by atoms with E-state index in [1.807, 2.05) is 26.0 Å². The lowest BCUT2D eigenvalue weighted by atomic mass is 10.0. The summed E-state index contributed by atoms with van der Waals surface area (Å²) in [6.45, 7) is 4.07. The normalized spacial score (nSPS) is 12.4. The van der Waals surface area contributed by atoms with Gasteiger partial charge in [0.25, 0.3) is 0 Å². The predicted octanol–water partition coefficient (Wildman–Crippen LogP) is 2.05. The summed E-state index contributed by atoms with van der Waals surface area (Å²) in [5.74, 6) is 0.724. The first-order chi connectivity index (χ1) is 9.56. The van der Waals surface area contributed by atoms with Crippen molar-refractivity contribution in [3.8, 4) is 11.4 Å². The topological polar surface area (TPSA) is 94.0 Å². The second-order valence-electron chi connectivity index (χ2n) is 5.06. The Bertz CT molecular complexity index is 549. The SMILES string of the molecule is CC(C)C[C@H](N)C(=O)Nc1ccc(-c2ncon2)cc1. The van der Waals surface area contributed by atoms with Crippen molar-refractivity contribution in [3.05, 3.63) is 30.7 Å². The molecule has 1 aromatic heterocycles. The molecule has 2 aromatic rings. The van der Waals surface area contributed by atoms with Crippen molar-refractivity contribution in [2.45, 2.75) is 26.3 Å². The molecule has 3 N–H and O–H groups in total. The number of hydrogen-bond donors (Lipinski definition) is 2. The molecular formula is C14H18N4O2. The van der Waals surface area contributed by atoms with Crippen LogP contribution in [0.2, 0.25) is 0 Å². The van der Waals surface area contributed by atoms with Crippen LogP contribution in [0.1, 0.15) is 20.3 Å². The summed E-state index contributed by atoms with van der Waals surface area (Å²) in [7, 11) is 0. The predicted molar refractivity (Wildman–Crippen MR) is 75.8 cm³/mol. The summed E-state index contributed by atoms with van der Waals surface area (Å²) < 4.78 is 4.68. The molecule has 0 spiro atoms. The number of nitrogens with one attached hydrogen (secondary N) is 1. The molecular weight excluding hydrogens is 256 g/mol. The molecule has 0 fully saturated rings. The van der Waals surface area contributed by atoms with Gasteiger partial charge in [-0.25, -0.2) is 0 Å². The Labute approximate surface area is 117 Å². The second-order valence-corrected chi connectivity index (χ2v) is 5.06. The molecule has 1 heterocycles. The Morgan fingerprint density at radius 2 is 2.05 bits per heavy atom. The molecule has 2 rings (SSSR count). The molecule has 0 saturated heterocycles. The summed E-state index contributed by atoms with van der Waals surface area (Å²) in [5, 5.41) is 6.54. The molecule has 20 heavy (non-hydrogen) atoms. The van der Waals surface area contributed by atoms with Crippen molar-refractivity contribution in [3.63, 3.8) is 0 Å². The second kappa shape index (κ2) is 6.29. The van der Waals surface area contributed by atoms with Gasteiger partial charge in [-0.05, 0) is 36.6 Å². The molecule has 0 unspecified atom stereocenters. The molecule has 1 atom stereocenters. The molecule has 0 aliphatic heterocycles. The van der Waals surface area contributed by atoms with Gasteiger partial charge in [0.1, 0.15) is 0 Å². The van der Waals surface area contributed by atoms with Gasteiger partial charge in [-0.2, -0.15) is 4.98 Å². The largest absolute Gasteiger partial charge is 0.342 e. The standard InChI is InChI=1S/C14H18N4O2/c1-9(2)7-12(15)14(19)17-11-5-3-10(4-6-11)13-16-8-20-18-13/h3-6,8-9,12H,7,15H2,1-2H3,(H,17,19)/t12-/m0/s1. The van der Waals surface area contributed by atoms with Gasteiger partial charge in [-0.1, -0.05) is 19.0 Å². The first-order valence-corrected chi connectivity index (χ1v) is 6.49. The van der Waals surface area contributed by atoms with Crippen molar-refractivity contribution in [1.29, 1.82) is 0 Å². The van der Waals surface area contributed by atoms with Gasteiger partial charge in [-0.3, -0.25) is 4.79 Å². The van der Waals surface area contributed by atoms with Crippen LogP contribution >= 0.6 is 0 Å². The summed E-state index contributed by atoms with van der Waals surface area (Å²) in [5.41, 5.74) is 7.35. The van der Waals surface area contributed by atoms with Gasteiger partial charge < -0.3 is 15.6 Å². The molecule has 0 radical (unpaired) electrons. The number of aromatic nitrogens is 2. The van der Waals surface area contributed by atoms with Crippen molar-refractivity contribution < 1.29 is 9.32 Å². The number of rotatable bonds is 5. The Hall–Kier alpha value is -2.21. The number of nitrogens with two attached hydrogens (primary N) is 1. The minimum absolute atomic E-state index is 0.175. The minimum Gasteiger partial charge on any atom is -0.342 e. The Balaban J connectivity index is 1.99. The van der Waals surface area contributed by atoms with Crippen LogP contribution < -0.4 is 11.1 Å². The van der Waals surface area contributed by atoms with E-state index in [0.29, 0.717) is 23.9 Å². The monoisotopic (exact) mass is 274 g/mol. The van der Waals surface area contributed by atoms with E-state index in [1.165, 1.54) is 6.39 Å². The van der Waals surface area contributed by atoms with Crippen molar-refractivity contribution in [2.24, 2.45) is 11.7 Å². The third kappa shape index (κ3) is 3.64. The summed E-state index contributed by atoms with van der Waals surface area (Å²) >= 11 is 0. The zero-order chi connectivity index (χ0) is 14.5. The number of nitrogens with zero attached hydrogens (tertiary/aromatic N) is 2. The number of amides is 1. The van der Waals surface area contributed by atoms with E-state index < -0.39 is 6.04 Å². The van der Waals surface area contributed by atoms with Crippen LogP contribution in [0, 0.1) is 5.92 Å². The molecule has 0 bridgehead atoms. The van der Waals surface area contributed by atoms with Gasteiger partial charge >= 0.3 is 0 Å². The van der Waals surface area contributed by atoms with Gasteiger partial charge in [0.15, 0.2) is 0 Å². The highest BCUT2D eigenvalue weighted by Gasteiger charge is 2.15. The summed E-state index contributed by atoms with van der Waals surface area (Å²) in [4.78, 5) is 15.8. The molecule has 106 valence electrons. The first-order valence-electron chi connectivity index (χ1n) is 6.49. The quantitative estimate of drug-likeness (QED) is 0.870. The maximum absolute atomic E-state index is 11.9. The lowest BCUT2D eigenvalue weighted by Gasteiger charge is -2.14. The van der Waals surface area contributed by atoms with E-state index in [9.17, 15) is 4.79 Å². The van der Waals surface area contributed by atoms with Crippen molar-refractivity contribution in [2.75, 3.05) is 5.32 Å². The Morgan fingerprint density at radius 1 is 1.35 bits per heavy atom. The zero-order valence-electron chi connectivity index (χ0n) is 11.5. The average Bonchev–Trinajstić information content (AvgIpc) is 2.92. The molecule has 1 aromatic carbocycles. The molecule has 0 aliphatic carbocycles. The summed E-state index contributed by atoms with van der Waals surface area (Å²) in [6.07, 6.45) is 1.93. The Kier molecular flexibility index (Phi) is 4.47. The fourth-order valence-electron chi connectivity index (χ4n) is 1.85. The number of carbonyl (C=O) groups is 1. The van der Waals surface area contributed by atoms with Gasteiger partial charge in [-0.15, -0.1) is 0 Å². The van der Waals surface area contributed by atoms with E-state index in [0.717, 1.165) is 5.56 Å². The van der Waals surface area contributed by atoms with E-state index in [4.69, 9.17) is 5.73 Å². The van der Waals surface area contributed by atoms with E-state index in [-0.39, 0.29) is 5.91 Å². The third-order valence-corrected chi connectivity index (χ3v) is 2.83. The molecule has 0 saturated carbocycles. The van der Waals surface area contributed by atoms with Gasteiger partial charge in [0.05, 0.1) is 6.04 Å². The number of hydrogen-bond acceptors (Lipinski definition) is 5. The van der Waals surface area contributed by atoms with Crippen molar-refractivity contribution in [1.82, 2.24) is 10.1 Å². The fraction of sp³-hybridized carbons (Fsp3) is 0.357. The van der Waals surface area contributed by atoms with Gasteiger partial charge in [0, 0.05) is 11.3 Å². The Morgan fingerprint density at radius 3 is 2.60 bits per heavy atom. The number of benzene rings is 1. The van der Waals surface area contributed by atoms with Gasteiger partial charge in [0.2, 0.25) is 18.1 Å². The smallest absolute Gasteiger partial charge is 0.241 e. The van der Waals surface area contributed by atoms with Crippen LogP contribution in [0.15, 0.2) is 35.2 Å². The lowest BCUT2D eigenvalue weighted by molar-refractivity contribution is -0.117.